The van der Waals surface area contributed by atoms with E-state index in [0.29, 0.717) is 30.0 Å². The quantitative estimate of drug-likeness (QED) is 0.736. The second kappa shape index (κ2) is 8.84. The summed E-state index contributed by atoms with van der Waals surface area (Å²) in [6, 6.07) is 13.2. The Morgan fingerprint density at radius 3 is 2.48 bits per heavy atom. The Morgan fingerprint density at radius 2 is 1.81 bits per heavy atom. The third-order valence-corrected chi connectivity index (χ3v) is 5.80. The van der Waals surface area contributed by atoms with Gasteiger partial charge in [0.1, 0.15) is 17.3 Å². The zero-order valence-electron chi connectivity index (χ0n) is 17.7. The zero-order chi connectivity index (χ0) is 22.0. The molecule has 0 bridgehead atoms. The van der Waals surface area contributed by atoms with Gasteiger partial charge in [-0.15, -0.1) is 0 Å². The van der Waals surface area contributed by atoms with E-state index in [4.69, 9.17) is 4.74 Å². The molecule has 5 nitrogen and oxygen atoms in total. The van der Waals surface area contributed by atoms with Crippen molar-refractivity contribution >= 4 is 23.1 Å². The summed E-state index contributed by atoms with van der Waals surface area (Å²) in [5.41, 5.74) is 3.30. The number of ketones is 1. The third-order valence-electron chi connectivity index (χ3n) is 5.80. The maximum Gasteiger partial charge on any atom is 0.254 e. The summed E-state index contributed by atoms with van der Waals surface area (Å²) in [6.45, 7) is 4.29. The molecule has 0 spiro atoms. The molecule has 1 amide bonds. The summed E-state index contributed by atoms with van der Waals surface area (Å²) in [5.74, 6) is -0.710. The lowest BCUT2D eigenvalue weighted by molar-refractivity contribution is -0.122. The first-order valence-corrected chi connectivity index (χ1v) is 10.6. The van der Waals surface area contributed by atoms with Gasteiger partial charge in [0.15, 0.2) is 0 Å². The van der Waals surface area contributed by atoms with Crippen molar-refractivity contribution in [2.45, 2.75) is 39.0 Å². The van der Waals surface area contributed by atoms with E-state index in [1.807, 2.05) is 38.1 Å². The van der Waals surface area contributed by atoms with Crippen LogP contribution in [0, 0.1) is 11.7 Å². The average molecular weight is 420 g/mol. The number of halogens is 1. The number of aliphatic imine (C=N–C) groups is 1. The Hall–Kier alpha value is -3.28. The van der Waals surface area contributed by atoms with Gasteiger partial charge in [-0.25, -0.2) is 4.39 Å². The fourth-order valence-corrected chi connectivity index (χ4v) is 4.45. The van der Waals surface area contributed by atoms with Gasteiger partial charge in [-0.3, -0.25) is 14.6 Å². The molecule has 1 fully saturated rings. The van der Waals surface area contributed by atoms with Crippen molar-refractivity contribution < 1.29 is 18.7 Å². The number of Topliss-reactive ketones (excluding diaryl/α,β-unsaturated/α-hetero) is 1. The number of rotatable bonds is 5. The van der Waals surface area contributed by atoms with Crippen molar-refractivity contribution in [2.75, 3.05) is 11.9 Å². The maximum atomic E-state index is 13.3. The summed E-state index contributed by atoms with van der Waals surface area (Å²) in [6.07, 6.45) is 2.03. The standard InChI is InChI=1S/C25H25FN2O3/c1-3-31-19-13-7-16(8-14-19)23-22(25(30)28-18-11-9-17(26)10-12-18)15(2)27-20-5-4-6-21(29)24(20)23/h7-14,23-24H,3-6H2,1-2H3,(H,28,30)/t23-,24?/m0/s1. The van der Waals surface area contributed by atoms with E-state index in [2.05, 4.69) is 10.3 Å². The van der Waals surface area contributed by atoms with Crippen molar-refractivity contribution in [3.8, 4) is 5.75 Å². The Balaban J connectivity index is 1.74. The minimum atomic E-state index is -0.440. The van der Waals surface area contributed by atoms with E-state index in [1.54, 1.807) is 0 Å². The van der Waals surface area contributed by atoms with Gasteiger partial charge < -0.3 is 10.1 Å². The molecule has 6 heteroatoms. The lowest BCUT2D eigenvalue weighted by atomic mass is 9.69. The van der Waals surface area contributed by atoms with Gasteiger partial charge in [-0.05, 0) is 68.7 Å². The van der Waals surface area contributed by atoms with Gasteiger partial charge in [0.2, 0.25) is 0 Å². The molecule has 0 aromatic heterocycles. The largest absolute Gasteiger partial charge is 0.494 e. The molecular formula is C25H25FN2O3. The Bertz CT molecular complexity index is 1060. The second-order valence-electron chi connectivity index (χ2n) is 7.84. The van der Waals surface area contributed by atoms with Crippen LogP contribution in [0.5, 0.6) is 5.75 Å². The highest BCUT2D eigenvalue weighted by atomic mass is 19.1. The average Bonchev–Trinajstić information content (AvgIpc) is 2.75. The van der Waals surface area contributed by atoms with Crippen LogP contribution in [0.4, 0.5) is 10.1 Å². The molecule has 1 aliphatic heterocycles. The monoisotopic (exact) mass is 420 g/mol. The number of hydrogen-bond acceptors (Lipinski definition) is 4. The van der Waals surface area contributed by atoms with Crippen LogP contribution in [0.25, 0.3) is 0 Å². The lowest BCUT2D eigenvalue weighted by Crippen LogP contribution is -2.39. The van der Waals surface area contributed by atoms with Crippen LogP contribution >= 0.6 is 0 Å². The van der Waals surface area contributed by atoms with E-state index in [-0.39, 0.29) is 17.5 Å². The Morgan fingerprint density at radius 1 is 1.10 bits per heavy atom. The number of allylic oxidation sites excluding steroid dienone is 1. The van der Waals surface area contributed by atoms with Crippen LogP contribution in [-0.4, -0.2) is 24.0 Å². The number of nitrogens with one attached hydrogen (secondary N) is 1. The van der Waals surface area contributed by atoms with Crippen LogP contribution in [0.2, 0.25) is 0 Å². The zero-order valence-corrected chi connectivity index (χ0v) is 17.7. The highest BCUT2D eigenvalue weighted by molar-refractivity contribution is 6.14. The molecule has 1 aliphatic carbocycles. The van der Waals surface area contributed by atoms with Gasteiger partial charge >= 0.3 is 0 Å². The van der Waals surface area contributed by atoms with E-state index >= 15 is 0 Å². The minimum absolute atomic E-state index is 0.114. The number of amides is 1. The van der Waals surface area contributed by atoms with Crippen molar-refractivity contribution in [2.24, 2.45) is 10.9 Å². The summed E-state index contributed by atoms with van der Waals surface area (Å²) in [7, 11) is 0. The van der Waals surface area contributed by atoms with Gasteiger partial charge in [-0.2, -0.15) is 0 Å². The number of hydrogen-bond donors (Lipinski definition) is 1. The fourth-order valence-electron chi connectivity index (χ4n) is 4.45. The van der Waals surface area contributed by atoms with Crippen molar-refractivity contribution in [1.82, 2.24) is 0 Å². The topological polar surface area (TPSA) is 67.8 Å². The minimum Gasteiger partial charge on any atom is -0.494 e. The first-order valence-electron chi connectivity index (χ1n) is 10.6. The Kier molecular flexibility index (Phi) is 5.98. The molecule has 2 aromatic rings. The molecule has 1 N–H and O–H groups in total. The van der Waals surface area contributed by atoms with Crippen LogP contribution in [0.15, 0.2) is 64.8 Å². The maximum absolute atomic E-state index is 13.3. The van der Waals surface area contributed by atoms with E-state index in [9.17, 15) is 14.0 Å². The number of ether oxygens (including phenoxy) is 1. The predicted octanol–water partition coefficient (Wildman–Crippen LogP) is 5.04. The predicted molar refractivity (Wildman–Crippen MR) is 118 cm³/mol. The molecule has 31 heavy (non-hydrogen) atoms. The first kappa shape index (κ1) is 21.0. The number of anilines is 1. The number of fused-ring (bicyclic) bond motifs is 1. The molecule has 1 unspecified atom stereocenters. The van der Waals surface area contributed by atoms with Crippen molar-refractivity contribution in [1.29, 1.82) is 0 Å². The fraction of sp³-hybridized carbons (Fsp3) is 0.320. The normalized spacial score (nSPS) is 20.7. The number of carbonyl (C=O) groups excluding carboxylic acids is 2. The van der Waals surface area contributed by atoms with Crippen molar-refractivity contribution in [3.05, 3.63) is 71.2 Å². The Labute approximate surface area is 181 Å². The number of carbonyl (C=O) groups is 2. The van der Waals surface area contributed by atoms with E-state index < -0.39 is 11.8 Å². The van der Waals surface area contributed by atoms with Crippen LogP contribution < -0.4 is 10.1 Å². The smallest absolute Gasteiger partial charge is 0.254 e. The summed E-state index contributed by atoms with van der Waals surface area (Å²) in [4.78, 5) is 30.9. The molecule has 1 saturated carbocycles. The number of benzene rings is 2. The highest BCUT2D eigenvalue weighted by Gasteiger charge is 2.43. The lowest BCUT2D eigenvalue weighted by Gasteiger charge is -2.36. The van der Waals surface area contributed by atoms with Gasteiger partial charge in [0.05, 0.1) is 12.5 Å². The highest BCUT2D eigenvalue weighted by Crippen LogP contribution is 2.43. The van der Waals surface area contributed by atoms with Crippen LogP contribution in [0.1, 0.15) is 44.6 Å². The van der Waals surface area contributed by atoms with E-state index in [0.717, 1.165) is 29.9 Å². The molecule has 0 radical (unpaired) electrons. The van der Waals surface area contributed by atoms with Gasteiger partial charge in [0, 0.05) is 35.0 Å². The second-order valence-corrected chi connectivity index (χ2v) is 7.84. The summed E-state index contributed by atoms with van der Waals surface area (Å²) >= 11 is 0. The van der Waals surface area contributed by atoms with Crippen LogP contribution in [0.3, 0.4) is 0 Å². The van der Waals surface area contributed by atoms with Crippen LogP contribution in [-0.2, 0) is 9.59 Å². The molecular weight excluding hydrogens is 395 g/mol. The summed E-state index contributed by atoms with van der Waals surface area (Å²) in [5, 5.41) is 2.84. The molecule has 4 rings (SSSR count). The van der Waals surface area contributed by atoms with Gasteiger partial charge in [-0.1, -0.05) is 12.1 Å². The molecule has 0 saturated heterocycles. The summed E-state index contributed by atoms with van der Waals surface area (Å²) < 4.78 is 18.8. The molecule has 2 aromatic carbocycles. The number of nitrogens with zero attached hydrogens (tertiary/aromatic N) is 1. The third kappa shape index (κ3) is 4.29. The SMILES string of the molecule is CCOc1ccc([C@H]2C(C(=O)Nc3ccc(F)cc3)=C(C)N=C3CCCC(=O)C32)cc1. The first-order chi connectivity index (χ1) is 15.0. The molecule has 1 heterocycles. The molecule has 2 atom stereocenters. The van der Waals surface area contributed by atoms with E-state index in [1.165, 1.54) is 24.3 Å². The molecule has 2 aliphatic rings. The van der Waals surface area contributed by atoms with Gasteiger partial charge in [0.25, 0.3) is 5.91 Å². The van der Waals surface area contributed by atoms with Crippen molar-refractivity contribution in [3.63, 3.8) is 0 Å². The molecule has 160 valence electrons.